The molecule has 0 radical (unpaired) electrons. The number of alkyl halides is 1. The molecule has 0 spiro atoms. The summed E-state index contributed by atoms with van der Waals surface area (Å²) in [5.41, 5.74) is 1.15. The Morgan fingerprint density at radius 2 is 2.21 bits per heavy atom. The molecule has 1 aromatic rings. The number of amides is 1. The number of ketones is 1. The molecular formula is C13H13Cl2NO3. The van der Waals surface area contributed by atoms with E-state index in [-0.39, 0.29) is 23.6 Å². The molecule has 0 saturated heterocycles. The van der Waals surface area contributed by atoms with Crippen LogP contribution in [-0.4, -0.2) is 24.2 Å². The monoisotopic (exact) mass is 301 g/mol. The lowest BCUT2D eigenvalue weighted by Crippen LogP contribution is -2.30. The molecule has 1 aliphatic heterocycles. The summed E-state index contributed by atoms with van der Waals surface area (Å²) in [6.07, 6.45) is 0.640. The third kappa shape index (κ3) is 3.01. The Morgan fingerprint density at radius 1 is 1.47 bits per heavy atom. The lowest BCUT2D eigenvalue weighted by atomic mass is 9.97. The van der Waals surface area contributed by atoms with Crippen molar-refractivity contribution < 1.29 is 14.3 Å². The number of benzene rings is 1. The second-order valence-electron chi connectivity index (χ2n) is 4.32. The van der Waals surface area contributed by atoms with E-state index in [0.717, 1.165) is 5.56 Å². The second kappa shape index (κ2) is 5.80. The van der Waals surface area contributed by atoms with E-state index in [9.17, 15) is 9.59 Å². The van der Waals surface area contributed by atoms with Gasteiger partial charge in [-0.25, -0.2) is 0 Å². The minimum Gasteiger partial charge on any atom is -0.492 e. The molecule has 0 saturated carbocycles. The van der Waals surface area contributed by atoms with E-state index in [0.29, 0.717) is 29.4 Å². The fourth-order valence-electron chi connectivity index (χ4n) is 2.09. The number of hydrogen-bond acceptors (Lipinski definition) is 3. The SMILES string of the molecule is CC(=O)NC1CCOc2c(Cl)cc(C(=O)CCl)cc21. The molecule has 0 bridgehead atoms. The molecule has 6 heteroatoms. The summed E-state index contributed by atoms with van der Waals surface area (Å²) < 4.78 is 5.51. The van der Waals surface area contributed by atoms with Crippen LogP contribution in [-0.2, 0) is 4.79 Å². The first-order chi connectivity index (χ1) is 9.02. The van der Waals surface area contributed by atoms with E-state index in [1.54, 1.807) is 12.1 Å². The molecule has 102 valence electrons. The molecule has 1 aliphatic rings. The molecule has 1 N–H and O–H groups in total. The Labute approximate surface area is 121 Å². The van der Waals surface area contributed by atoms with Gasteiger partial charge in [0, 0.05) is 24.5 Å². The summed E-state index contributed by atoms with van der Waals surface area (Å²) in [5, 5.41) is 3.19. The number of fused-ring (bicyclic) bond motifs is 1. The zero-order valence-corrected chi connectivity index (χ0v) is 11.8. The van der Waals surface area contributed by atoms with Crippen LogP contribution >= 0.6 is 23.2 Å². The van der Waals surface area contributed by atoms with Crippen LogP contribution in [0.15, 0.2) is 12.1 Å². The third-order valence-corrected chi connectivity index (χ3v) is 3.45. The maximum Gasteiger partial charge on any atom is 0.217 e. The first-order valence-electron chi connectivity index (χ1n) is 5.85. The number of nitrogens with one attached hydrogen (secondary N) is 1. The quantitative estimate of drug-likeness (QED) is 0.690. The van der Waals surface area contributed by atoms with Gasteiger partial charge >= 0.3 is 0 Å². The predicted octanol–water partition coefficient (Wildman–Crippen LogP) is 2.72. The number of halogens is 2. The van der Waals surface area contributed by atoms with Crippen LogP contribution in [0.1, 0.15) is 35.3 Å². The summed E-state index contributed by atoms with van der Waals surface area (Å²) in [6, 6.07) is 3.04. The Kier molecular flexibility index (Phi) is 4.32. The van der Waals surface area contributed by atoms with Gasteiger partial charge in [-0.15, -0.1) is 11.6 Å². The van der Waals surface area contributed by atoms with Crippen LogP contribution in [0.25, 0.3) is 0 Å². The van der Waals surface area contributed by atoms with Crippen LogP contribution in [0.2, 0.25) is 5.02 Å². The molecule has 19 heavy (non-hydrogen) atoms. The topological polar surface area (TPSA) is 55.4 Å². The van der Waals surface area contributed by atoms with Crippen molar-refractivity contribution in [3.63, 3.8) is 0 Å². The largest absolute Gasteiger partial charge is 0.492 e. The van der Waals surface area contributed by atoms with E-state index in [1.807, 2.05) is 0 Å². The molecule has 1 amide bonds. The number of Topliss-reactive ketones (excluding diaryl/α,β-unsaturated/α-hetero) is 1. The number of hydrogen-bond donors (Lipinski definition) is 1. The van der Waals surface area contributed by atoms with Gasteiger partial charge < -0.3 is 10.1 Å². The van der Waals surface area contributed by atoms with Crippen LogP contribution in [0.3, 0.4) is 0 Å². The normalized spacial score (nSPS) is 17.3. The van der Waals surface area contributed by atoms with Crippen LogP contribution in [0.4, 0.5) is 0 Å². The molecule has 0 aromatic heterocycles. The molecule has 4 nitrogen and oxygen atoms in total. The van der Waals surface area contributed by atoms with Gasteiger partial charge in [-0.05, 0) is 12.1 Å². The highest BCUT2D eigenvalue weighted by Crippen LogP contribution is 2.38. The van der Waals surface area contributed by atoms with Crippen molar-refractivity contribution in [3.05, 3.63) is 28.3 Å². The molecular weight excluding hydrogens is 289 g/mol. The van der Waals surface area contributed by atoms with Gasteiger partial charge in [-0.3, -0.25) is 9.59 Å². The fraction of sp³-hybridized carbons (Fsp3) is 0.385. The van der Waals surface area contributed by atoms with Gasteiger partial charge in [0.2, 0.25) is 5.91 Å². The highest BCUT2D eigenvalue weighted by molar-refractivity contribution is 6.34. The molecule has 0 aliphatic carbocycles. The Hall–Kier alpha value is -1.26. The maximum atomic E-state index is 11.7. The van der Waals surface area contributed by atoms with Crippen LogP contribution in [0, 0.1) is 0 Å². The summed E-state index contributed by atoms with van der Waals surface area (Å²) in [7, 11) is 0. The second-order valence-corrected chi connectivity index (χ2v) is 5.00. The summed E-state index contributed by atoms with van der Waals surface area (Å²) in [6.45, 7) is 1.92. The fourth-order valence-corrected chi connectivity index (χ4v) is 2.53. The van der Waals surface area contributed by atoms with Crippen molar-refractivity contribution in [2.75, 3.05) is 12.5 Å². The molecule has 2 rings (SSSR count). The highest BCUT2D eigenvalue weighted by Gasteiger charge is 2.25. The Bertz CT molecular complexity index is 531. The Morgan fingerprint density at radius 3 is 2.84 bits per heavy atom. The first-order valence-corrected chi connectivity index (χ1v) is 6.76. The van der Waals surface area contributed by atoms with Crippen LogP contribution < -0.4 is 10.1 Å². The maximum absolute atomic E-state index is 11.7. The zero-order valence-electron chi connectivity index (χ0n) is 10.3. The lowest BCUT2D eigenvalue weighted by Gasteiger charge is -2.27. The summed E-state index contributed by atoms with van der Waals surface area (Å²) in [5.74, 6) is 0.0696. The lowest BCUT2D eigenvalue weighted by molar-refractivity contribution is -0.119. The number of carbonyl (C=O) groups excluding carboxylic acids is 2. The zero-order chi connectivity index (χ0) is 14.0. The van der Waals surface area contributed by atoms with Crippen LogP contribution in [0.5, 0.6) is 5.75 Å². The van der Waals surface area contributed by atoms with E-state index >= 15 is 0 Å². The van der Waals surface area contributed by atoms with Crippen molar-refractivity contribution >= 4 is 34.9 Å². The van der Waals surface area contributed by atoms with Gasteiger partial charge in [0.1, 0.15) is 5.75 Å². The molecule has 1 heterocycles. The van der Waals surface area contributed by atoms with E-state index in [2.05, 4.69) is 5.32 Å². The van der Waals surface area contributed by atoms with Gasteiger partial charge in [0.05, 0.1) is 23.6 Å². The number of carbonyl (C=O) groups is 2. The van der Waals surface area contributed by atoms with Crippen molar-refractivity contribution in [1.29, 1.82) is 0 Å². The van der Waals surface area contributed by atoms with Gasteiger partial charge in [0.25, 0.3) is 0 Å². The van der Waals surface area contributed by atoms with Gasteiger partial charge in [0.15, 0.2) is 5.78 Å². The molecule has 0 fully saturated rings. The molecule has 1 atom stereocenters. The van der Waals surface area contributed by atoms with E-state index < -0.39 is 0 Å². The van der Waals surface area contributed by atoms with Crippen molar-refractivity contribution in [2.45, 2.75) is 19.4 Å². The molecule has 1 unspecified atom stereocenters. The van der Waals surface area contributed by atoms with E-state index in [1.165, 1.54) is 6.92 Å². The standard InChI is InChI=1S/C13H13Cl2NO3/c1-7(17)16-11-2-3-19-13-9(11)4-8(5-10(13)15)12(18)6-14/h4-5,11H,2-3,6H2,1H3,(H,16,17). The molecule has 1 aromatic carbocycles. The van der Waals surface area contributed by atoms with Crippen molar-refractivity contribution in [3.8, 4) is 5.75 Å². The number of rotatable bonds is 3. The average Bonchev–Trinajstić information content (AvgIpc) is 2.38. The average molecular weight is 302 g/mol. The third-order valence-electron chi connectivity index (χ3n) is 2.92. The predicted molar refractivity (Wildman–Crippen MR) is 73.2 cm³/mol. The summed E-state index contributed by atoms with van der Waals surface area (Å²) in [4.78, 5) is 22.9. The van der Waals surface area contributed by atoms with Gasteiger partial charge in [-0.2, -0.15) is 0 Å². The minimum atomic E-state index is -0.210. The van der Waals surface area contributed by atoms with Crippen molar-refractivity contribution in [2.24, 2.45) is 0 Å². The van der Waals surface area contributed by atoms with Crippen molar-refractivity contribution in [1.82, 2.24) is 5.32 Å². The Balaban J connectivity index is 2.45. The smallest absolute Gasteiger partial charge is 0.217 e. The summed E-state index contributed by atoms with van der Waals surface area (Å²) >= 11 is 11.7. The van der Waals surface area contributed by atoms with E-state index in [4.69, 9.17) is 27.9 Å². The van der Waals surface area contributed by atoms with Gasteiger partial charge in [-0.1, -0.05) is 11.6 Å². The number of ether oxygens (including phenoxy) is 1. The first kappa shape index (κ1) is 14.2. The minimum absolute atomic E-state index is 0.110. The highest BCUT2D eigenvalue weighted by atomic mass is 35.5.